The van der Waals surface area contributed by atoms with E-state index in [1.807, 2.05) is 0 Å². The van der Waals surface area contributed by atoms with Crippen molar-refractivity contribution < 1.29 is 37.0 Å². The van der Waals surface area contributed by atoms with Gasteiger partial charge in [-0.2, -0.15) is 13.2 Å². The van der Waals surface area contributed by atoms with Gasteiger partial charge in [-0.25, -0.2) is 9.18 Å². The van der Waals surface area contributed by atoms with Crippen LogP contribution in [0.2, 0.25) is 5.02 Å². The van der Waals surface area contributed by atoms with Gasteiger partial charge >= 0.3 is 18.2 Å². The number of amides is 1. The molecule has 190 valence electrons. The quantitative estimate of drug-likeness (QED) is 0.324. The number of benzene rings is 3. The molecular formula is C26H22ClF4NO4. The molecule has 3 aromatic carbocycles. The fourth-order valence-corrected chi connectivity index (χ4v) is 4.10. The third-order valence-electron chi connectivity index (χ3n) is 5.46. The fraction of sp³-hybridized carbons (Fsp3) is 0.231. The Balaban J connectivity index is 2.06. The summed E-state index contributed by atoms with van der Waals surface area (Å²) in [6, 6.07) is 14.8. The van der Waals surface area contributed by atoms with Crippen LogP contribution in [-0.4, -0.2) is 28.6 Å². The molecule has 10 heteroatoms. The van der Waals surface area contributed by atoms with Crippen LogP contribution in [0.1, 0.15) is 29.2 Å². The maximum Gasteiger partial charge on any atom is 0.418 e. The molecule has 3 rings (SSSR count). The highest BCUT2D eigenvalue weighted by Crippen LogP contribution is 2.43. The molecule has 0 bridgehead atoms. The van der Waals surface area contributed by atoms with Gasteiger partial charge in [-0.1, -0.05) is 54.1 Å². The molecule has 0 aromatic heterocycles. The van der Waals surface area contributed by atoms with Gasteiger partial charge in [0.1, 0.15) is 12.4 Å². The third kappa shape index (κ3) is 6.54. The van der Waals surface area contributed by atoms with Crippen LogP contribution in [0, 0.1) is 5.82 Å². The molecular weight excluding hydrogens is 502 g/mol. The second-order valence-electron chi connectivity index (χ2n) is 7.87. The molecule has 0 aliphatic heterocycles. The first-order valence-corrected chi connectivity index (χ1v) is 11.2. The molecule has 0 aliphatic carbocycles. The van der Waals surface area contributed by atoms with Crippen LogP contribution >= 0.6 is 11.6 Å². The van der Waals surface area contributed by atoms with Gasteiger partial charge in [0.2, 0.25) is 0 Å². The zero-order valence-electron chi connectivity index (χ0n) is 19.1. The summed E-state index contributed by atoms with van der Waals surface area (Å²) in [6.45, 7) is 1.13. The zero-order valence-corrected chi connectivity index (χ0v) is 19.9. The highest BCUT2D eigenvalue weighted by Gasteiger charge is 2.39. The lowest BCUT2D eigenvalue weighted by atomic mass is 9.89. The average molecular weight is 524 g/mol. The number of carboxylic acids is 1. The molecule has 1 N–H and O–H groups in total. The summed E-state index contributed by atoms with van der Waals surface area (Å²) >= 11 is 6.04. The predicted octanol–water partition coefficient (Wildman–Crippen LogP) is 6.95. The standard InChI is InChI=1S/C26H22ClF4NO4/c1-2-32(25(35)36-15-16-8-10-18(28)11-9-16)14-21-19(17-6-4-3-5-7-17)12-22(27)24(26(29,30)31)20(21)13-23(33)34/h3-12H,2,13-15H2,1H3,(H,33,34). The van der Waals surface area contributed by atoms with Crippen molar-refractivity contribution in [2.24, 2.45) is 0 Å². The molecule has 0 radical (unpaired) electrons. The van der Waals surface area contributed by atoms with Crippen LogP contribution in [0.25, 0.3) is 11.1 Å². The van der Waals surface area contributed by atoms with Gasteiger partial charge in [0.15, 0.2) is 0 Å². The molecule has 0 saturated heterocycles. The van der Waals surface area contributed by atoms with E-state index < -0.39 is 46.6 Å². The zero-order chi connectivity index (χ0) is 26.5. The molecule has 0 spiro atoms. The topological polar surface area (TPSA) is 66.8 Å². The van der Waals surface area contributed by atoms with E-state index >= 15 is 0 Å². The van der Waals surface area contributed by atoms with Gasteiger partial charge in [0.05, 0.1) is 17.0 Å². The van der Waals surface area contributed by atoms with E-state index in [9.17, 15) is 32.3 Å². The molecule has 5 nitrogen and oxygen atoms in total. The van der Waals surface area contributed by atoms with Crippen LogP contribution in [0.4, 0.5) is 22.4 Å². The first kappa shape index (κ1) is 27.0. The highest BCUT2D eigenvalue weighted by molar-refractivity contribution is 6.32. The summed E-state index contributed by atoms with van der Waals surface area (Å²) in [5.41, 5.74) is -0.479. The SMILES string of the molecule is CCN(Cc1c(-c2ccccc2)cc(Cl)c(C(F)(F)F)c1CC(=O)O)C(=O)OCc1ccc(F)cc1. The number of carbonyl (C=O) groups excluding carboxylic acids is 1. The number of rotatable bonds is 8. The summed E-state index contributed by atoms with van der Waals surface area (Å²) in [4.78, 5) is 25.6. The molecule has 0 aliphatic rings. The maximum absolute atomic E-state index is 14.0. The predicted molar refractivity (Wildman–Crippen MR) is 126 cm³/mol. The van der Waals surface area contributed by atoms with E-state index in [1.54, 1.807) is 37.3 Å². The molecule has 0 heterocycles. The number of carbonyl (C=O) groups is 2. The summed E-state index contributed by atoms with van der Waals surface area (Å²) in [6.07, 6.45) is -6.70. The van der Waals surface area contributed by atoms with Gasteiger partial charge in [0, 0.05) is 13.1 Å². The Hall–Kier alpha value is -3.59. The molecule has 3 aromatic rings. The minimum atomic E-state index is -4.92. The minimum Gasteiger partial charge on any atom is -0.481 e. The largest absolute Gasteiger partial charge is 0.481 e. The second-order valence-corrected chi connectivity index (χ2v) is 8.27. The number of halogens is 5. The number of nitrogens with zero attached hydrogens (tertiary/aromatic N) is 1. The van der Waals surface area contributed by atoms with Crippen LogP contribution in [0.15, 0.2) is 60.7 Å². The Labute approximate surface area is 209 Å². The smallest absolute Gasteiger partial charge is 0.418 e. The number of carboxylic acid groups (broad SMARTS) is 1. The Kier molecular flexibility index (Phi) is 8.57. The normalized spacial score (nSPS) is 11.3. The van der Waals surface area contributed by atoms with E-state index in [4.69, 9.17) is 16.3 Å². The maximum atomic E-state index is 14.0. The lowest BCUT2D eigenvalue weighted by Gasteiger charge is -2.26. The average Bonchev–Trinajstić information content (AvgIpc) is 2.82. The summed E-state index contributed by atoms with van der Waals surface area (Å²) in [5.74, 6) is -1.94. The first-order chi connectivity index (χ1) is 17.0. The molecule has 0 unspecified atom stereocenters. The van der Waals surface area contributed by atoms with E-state index in [-0.39, 0.29) is 30.8 Å². The lowest BCUT2D eigenvalue weighted by molar-refractivity contribution is -0.139. The monoisotopic (exact) mass is 523 g/mol. The van der Waals surface area contributed by atoms with E-state index in [0.29, 0.717) is 11.1 Å². The number of hydrogen-bond acceptors (Lipinski definition) is 3. The molecule has 36 heavy (non-hydrogen) atoms. The van der Waals surface area contributed by atoms with Crippen LogP contribution in [-0.2, 0) is 35.3 Å². The Morgan fingerprint density at radius 2 is 1.67 bits per heavy atom. The van der Waals surface area contributed by atoms with Crippen LogP contribution in [0.5, 0.6) is 0 Å². The van der Waals surface area contributed by atoms with Crippen molar-refractivity contribution in [2.45, 2.75) is 32.7 Å². The van der Waals surface area contributed by atoms with E-state index in [1.165, 1.54) is 24.3 Å². The molecule has 0 saturated carbocycles. The Morgan fingerprint density at radius 3 is 2.22 bits per heavy atom. The molecule has 0 atom stereocenters. The fourth-order valence-electron chi connectivity index (χ4n) is 3.77. The number of hydrogen-bond donors (Lipinski definition) is 1. The number of ether oxygens (including phenoxy) is 1. The molecule has 1 amide bonds. The minimum absolute atomic E-state index is 0.000840. The second kappa shape index (κ2) is 11.4. The van der Waals surface area contributed by atoms with Gasteiger partial charge in [0.25, 0.3) is 0 Å². The first-order valence-electron chi connectivity index (χ1n) is 10.9. The van der Waals surface area contributed by atoms with Gasteiger partial charge in [-0.3, -0.25) is 4.79 Å². The van der Waals surface area contributed by atoms with Crippen LogP contribution in [0.3, 0.4) is 0 Å². The van der Waals surface area contributed by atoms with Crippen molar-refractivity contribution in [3.8, 4) is 11.1 Å². The summed E-state index contributed by atoms with van der Waals surface area (Å²) in [5, 5.41) is 8.79. The van der Waals surface area contributed by atoms with Crippen molar-refractivity contribution in [2.75, 3.05) is 6.54 Å². The van der Waals surface area contributed by atoms with Gasteiger partial charge < -0.3 is 14.7 Å². The number of alkyl halides is 3. The van der Waals surface area contributed by atoms with Crippen molar-refractivity contribution in [1.82, 2.24) is 4.90 Å². The van der Waals surface area contributed by atoms with Crippen molar-refractivity contribution in [3.05, 3.63) is 93.8 Å². The third-order valence-corrected chi connectivity index (χ3v) is 5.76. The Bertz CT molecular complexity index is 1230. The molecule has 0 fully saturated rings. The van der Waals surface area contributed by atoms with Crippen molar-refractivity contribution in [3.63, 3.8) is 0 Å². The highest BCUT2D eigenvalue weighted by atomic mass is 35.5. The number of aliphatic carboxylic acids is 1. The van der Waals surface area contributed by atoms with Gasteiger partial charge in [-0.15, -0.1) is 0 Å². The van der Waals surface area contributed by atoms with Crippen molar-refractivity contribution in [1.29, 1.82) is 0 Å². The Morgan fingerprint density at radius 1 is 1.03 bits per heavy atom. The van der Waals surface area contributed by atoms with Crippen LogP contribution < -0.4 is 0 Å². The lowest BCUT2D eigenvalue weighted by Crippen LogP contribution is -2.32. The summed E-state index contributed by atoms with van der Waals surface area (Å²) in [7, 11) is 0. The van der Waals surface area contributed by atoms with E-state index in [2.05, 4.69) is 0 Å². The van der Waals surface area contributed by atoms with E-state index in [0.717, 1.165) is 11.0 Å². The van der Waals surface area contributed by atoms with Gasteiger partial charge in [-0.05, 0) is 52.9 Å². The van der Waals surface area contributed by atoms with Crippen molar-refractivity contribution >= 4 is 23.7 Å². The summed E-state index contributed by atoms with van der Waals surface area (Å²) < 4.78 is 60.3.